The van der Waals surface area contributed by atoms with Gasteiger partial charge >= 0.3 is 11.9 Å². The molecule has 1 N–H and O–H groups in total. The average Bonchev–Trinajstić information content (AvgIpc) is 2.70. The first-order valence-corrected chi connectivity index (χ1v) is 10.7. The van der Waals surface area contributed by atoms with Gasteiger partial charge in [0.25, 0.3) is 0 Å². The molecule has 0 spiro atoms. The SMILES string of the molecule is O=C(O)CCC(=O)OCCCCCC[S+](c1ccccc1)c1ccccc1. The summed E-state index contributed by atoms with van der Waals surface area (Å²) in [5.74, 6) is -0.279. The van der Waals surface area contributed by atoms with E-state index in [9.17, 15) is 9.59 Å². The van der Waals surface area contributed by atoms with Crippen LogP contribution in [-0.4, -0.2) is 29.4 Å². The first-order chi connectivity index (χ1) is 13.2. The Morgan fingerprint density at radius 2 is 1.33 bits per heavy atom. The lowest BCUT2D eigenvalue weighted by atomic mass is 10.2. The van der Waals surface area contributed by atoms with Gasteiger partial charge in [-0.1, -0.05) is 36.4 Å². The summed E-state index contributed by atoms with van der Waals surface area (Å²) in [6.07, 6.45) is 3.83. The van der Waals surface area contributed by atoms with E-state index in [1.807, 2.05) is 12.1 Å². The maximum atomic E-state index is 11.4. The van der Waals surface area contributed by atoms with Crippen LogP contribution in [0, 0.1) is 0 Å². The van der Waals surface area contributed by atoms with E-state index in [2.05, 4.69) is 48.5 Å². The molecule has 0 aliphatic heterocycles. The Bertz CT molecular complexity index is 648. The molecule has 4 nitrogen and oxygen atoms in total. The van der Waals surface area contributed by atoms with E-state index in [0.717, 1.165) is 31.4 Å². The predicted octanol–water partition coefficient (Wildman–Crippen LogP) is 4.69. The highest BCUT2D eigenvalue weighted by Crippen LogP contribution is 2.24. The van der Waals surface area contributed by atoms with Crippen LogP contribution in [0.1, 0.15) is 38.5 Å². The molecule has 0 fully saturated rings. The summed E-state index contributed by atoms with van der Waals surface area (Å²) in [5, 5.41) is 8.53. The van der Waals surface area contributed by atoms with E-state index in [1.165, 1.54) is 9.79 Å². The number of unbranched alkanes of at least 4 members (excludes halogenated alkanes) is 3. The molecule has 2 aromatic rings. The van der Waals surface area contributed by atoms with Gasteiger partial charge in [0.1, 0.15) is 5.75 Å². The molecule has 0 bridgehead atoms. The van der Waals surface area contributed by atoms with E-state index < -0.39 is 11.9 Å². The first-order valence-electron chi connectivity index (χ1n) is 9.35. The van der Waals surface area contributed by atoms with E-state index in [-0.39, 0.29) is 23.7 Å². The molecule has 5 heteroatoms. The monoisotopic (exact) mass is 387 g/mol. The number of carbonyl (C=O) groups is 2. The number of esters is 1. The Morgan fingerprint density at radius 3 is 1.89 bits per heavy atom. The van der Waals surface area contributed by atoms with Crippen LogP contribution in [0.15, 0.2) is 70.5 Å². The van der Waals surface area contributed by atoms with Gasteiger partial charge in [0.05, 0.1) is 30.3 Å². The lowest BCUT2D eigenvalue weighted by Crippen LogP contribution is -2.09. The van der Waals surface area contributed by atoms with E-state index in [4.69, 9.17) is 9.84 Å². The van der Waals surface area contributed by atoms with Crippen molar-refractivity contribution in [2.75, 3.05) is 12.4 Å². The molecule has 144 valence electrons. The van der Waals surface area contributed by atoms with Crippen LogP contribution in [0.25, 0.3) is 0 Å². The molecule has 2 aromatic carbocycles. The summed E-state index contributed by atoms with van der Waals surface area (Å²) in [6.45, 7) is 0.377. The number of carboxylic acids is 1. The zero-order valence-electron chi connectivity index (χ0n) is 15.5. The third-order valence-corrected chi connectivity index (χ3v) is 6.48. The molecule has 0 amide bonds. The van der Waals surface area contributed by atoms with Crippen LogP contribution in [0.4, 0.5) is 0 Å². The summed E-state index contributed by atoms with van der Waals surface area (Å²) in [4.78, 5) is 24.5. The third-order valence-electron chi connectivity index (χ3n) is 4.10. The Balaban J connectivity index is 1.69. The topological polar surface area (TPSA) is 63.6 Å². The van der Waals surface area contributed by atoms with Crippen molar-refractivity contribution < 1.29 is 19.4 Å². The molecule has 0 heterocycles. The fourth-order valence-corrected chi connectivity index (χ4v) is 4.92. The van der Waals surface area contributed by atoms with Crippen molar-refractivity contribution in [2.45, 2.75) is 48.3 Å². The Labute approximate surface area is 163 Å². The van der Waals surface area contributed by atoms with Crippen LogP contribution >= 0.6 is 0 Å². The molecule has 0 aliphatic carbocycles. The zero-order chi connectivity index (χ0) is 19.3. The van der Waals surface area contributed by atoms with Crippen LogP contribution in [0.2, 0.25) is 0 Å². The van der Waals surface area contributed by atoms with Gasteiger partial charge in [0, 0.05) is 0 Å². The molecule has 27 heavy (non-hydrogen) atoms. The molecule has 0 atom stereocenters. The predicted molar refractivity (Wildman–Crippen MR) is 108 cm³/mol. The second-order valence-electron chi connectivity index (χ2n) is 6.25. The molecule has 0 aromatic heterocycles. The minimum Gasteiger partial charge on any atom is -0.481 e. The van der Waals surface area contributed by atoms with Gasteiger partial charge in [-0.15, -0.1) is 0 Å². The summed E-state index contributed by atoms with van der Waals surface area (Å²) in [6, 6.07) is 21.3. The normalized spacial score (nSPS) is 10.7. The van der Waals surface area contributed by atoms with Gasteiger partial charge in [0.15, 0.2) is 9.79 Å². The first kappa shape index (κ1) is 21.0. The fraction of sp³-hybridized carbons (Fsp3) is 0.364. The zero-order valence-corrected chi connectivity index (χ0v) is 16.3. The van der Waals surface area contributed by atoms with Gasteiger partial charge in [0.2, 0.25) is 0 Å². The molecular weight excluding hydrogens is 360 g/mol. The maximum absolute atomic E-state index is 11.4. The van der Waals surface area contributed by atoms with Crippen molar-refractivity contribution in [3.63, 3.8) is 0 Å². The summed E-state index contributed by atoms with van der Waals surface area (Å²) in [5.41, 5.74) is 0. The smallest absolute Gasteiger partial charge is 0.306 e. The molecule has 0 saturated carbocycles. The van der Waals surface area contributed by atoms with E-state index in [1.54, 1.807) is 0 Å². The van der Waals surface area contributed by atoms with Crippen molar-refractivity contribution in [1.82, 2.24) is 0 Å². The van der Waals surface area contributed by atoms with Crippen LogP contribution in [-0.2, 0) is 25.2 Å². The Kier molecular flexibility index (Phi) is 9.49. The second kappa shape index (κ2) is 12.2. The standard InChI is InChI=1S/C22H26O4S/c23-21(24)15-16-22(25)26-17-9-1-2-10-18-27(19-11-5-3-6-12-19)20-13-7-4-8-14-20/h3-8,11-14H,1-2,9-10,15-18H2/p+1. The van der Waals surface area contributed by atoms with Crippen LogP contribution < -0.4 is 0 Å². The van der Waals surface area contributed by atoms with Crippen molar-refractivity contribution in [2.24, 2.45) is 0 Å². The van der Waals surface area contributed by atoms with E-state index >= 15 is 0 Å². The molecule has 0 unspecified atom stereocenters. The summed E-state index contributed by atoms with van der Waals surface area (Å²) >= 11 is 0. The van der Waals surface area contributed by atoms with Gasteiger partial charge < -0.3 is 9.84 Å². The number of rotatable bonds is 12. The highest BCUT2D eigenvalue weighted by atomic mass is 32.2. The number of benzene rings is 2. The number of hydrogen-bond acceptors (Lipinski definition) is 3. The number of carboxylic acid groups (broad SMARTS) is 1. The fourth-order valence-electron chi connectivity index (χ4n) is 2.71. The number of aliphatic carboxylic acids is 1. The molecule has 0 saturated heterocycles. The van der Waals surface area contributed by atoms with Crippen LogP contribution in [0.5, 0.6) is 0 Å². The molecule has 2 rings (SSSR count). The van der Waals surface area contributed by atoms with Gasteiger partial charge in [-0.25, -0.2) is 0 Å². The van der Waals surface area contributed by atoms with Crippen LogP contribution in [0.3, 0.4) is 0 Å². The highest BCUT2D eigenvalue weighted by molar-refractivity contribution is 7.97. The van der Waals surface area contributed by atoms with Crippen molar-refractivity contribution in [3.05, 3.63) is 60.7 Å². The minimum atomic E-state index is -0.973. The highest BCUT2D eigenvalue weighted by Gasteiger charge is 2.23. The van der Waals surface area contributed by atoms with Crippen molar-refractivity contribution >= 4 is 22.8 Å². The Morgan fingerprint density at radius 1 is 0.778 bits per heavy atom. The lowest BCUT2D eigenvalue weighted by Gasteiger charge is -2.08. The number of carbonyl (C=O) groups excluding carboxylic acids is 1. The van der Waals surface area contributed by atoms with Crippen molar-refractivity contribution in [3.8, 4) is 0 Å². The molecule has 0 radical (unpaired) electrons. The van der Waals surface area contributed by atoms with E-state index in [0.29, 0.717) is 6.61 Å². The largest absolute Gasteiger partial charge is 0.481 e. The summed E-state index contributed by atoms with van der Waals surface area (Å²) < 4.78 is 5.06. The summed E-state index contributed by atoms with van der Waals surface area (Å²) in [7, 11) is 0.0860. The second-order valence-corrected chi connectivity index (χ2v) is 8.38. The maximum Gasteiger partial charge on any atom is 0.306 e. The average molecular weight is 388 g/mol. The van der Waals surface area contributed by atoms with Crippen molar-refractivity contribution in [1.29, 1.82) is 0 Å². The lowest BCUT2D eigenvalue weighted by molar-refractivity contribution is -0.147. The quantitative estimate of drug-likeness (QED) is 0.326. The Hall–Kier alpha value is -2.27. The minimum absolute atomic E-state index is 0.0493. The van der Waals surface area contributed by atoms with Gasteiger partial charge in [-0.2, -0.15) is 0 Å². The molecule has 0 aliphatic rings. The van der Waals surface area contributed by atoms with Gasteiger partial charge in [-0.05, 0) is 49.9 Å². The number of hydrogen-bond donors (Lipinski definition) is 1. The third kappa shape index (κ3) is 8.31. The number of ether oxygens (including phenoxy) is 1. The van der Waals surface area contributed by atoms with Gasteiger partial charge in [-0.3, -0.25) is 9.59 Å². The molecular formula is C22H27O4S+.